The number of hydrogen-bond donors (Lipinski definition) is 2. The van der Waals surface area contributed by atoms with Gasteiger partial charge in [-0.15, -0.1) is 0 Å². The maximum Gasteiger partial charge on any atom is 0.410 e. The molecule has 0 atom stereocenters. The maximum absolute atomic E-state index is 12.0. The summed E-state index contributed by atoms with van der Waals surface area (Å²) in [6.45, 7) is 2.33. The molecule has 0 bridgehead atoms. The van der Waals surface area contributed by atoms with Crippen LogP contribution < -0.4 is 10.5 Å². The molecule has 1 fully saturated rings. The number of unbranched alkanes of at least 4 members (excludes halogenated alkanes) is 1. The van der Waals surface area contributed by atoms with Gasteiger partial charge in [-0.2, -0.15) is 0 Å². The molecule has 1 amide bonds. The number of carbonyl (C=O) groups excluding carboxylic acids is 1. The van der Waals surface area contributed by atoms with Crippen LogP contribution in [0.1, 0.15) is 31.2 Å². The van der Waals surface area contributed by atoms with Crippen LogP contribution in [-0.2, 0) is 16.1 Å². The minimum Gasteiger partial charge on any atom is -0.494 e. The molecule has 138 valence electrons. The number of hydrogen-bond acceptors (Lipinski definition) is 5. The second-order valence-corrected chi connectivity index (χ2v) is 6.14. The number of ether oxygens (including phenoxy) is 2. The molecule has 1 saturated heterocycles. The SMILES string of the molecule is NCCCCOc1ccc(COC(=O)N2CCC(C(=O)O)CC2)cc1. The van der Waals surface area contributed by atoms with Crippen molar-refractivity contribution in [1.29, 1.82) is 0 Å². The van der Waals surface area contributed by atoms with E-state index in [9.17, 15) is 9.59 Å². The van der Waals surface area contributed by atoms with Crippen molar-refractivity contribution in [2.45, 2.75) is 32.3 Å². The first-order chi connectivity index (χ1) is 12.1. The molecule has 7 nitrogen and oxygen atoms in total. The summed E-state index contributed by atoms with van der Waals surface area (Å²) >= 11 is 0. The Hall–Kier alpha value is -2.28. The summed E-state index contributed by atoms with van der Waals surface area (Å²) in [7, 11) is 0. The lowest BCUT2D eigenvalue weighted by Crippen LogP contribution is -2.40. The third-order valence-electron chi connectivity index (χ3n) is 4.26. The van der Waals surface area contributed by atoms with Crippen molar-refractivity contribution in [3.8, 4) is 5.75 Å². The third-order valence-corrected chi connectivity index (χ3v) is 4.26. The Morgan fingerprint density at radius 1 is 1.16 bits per heavy atom. The molecule has 25 heavy (non-hydrogen) atoms. The van der Waals surface area contributed by atoms with Crippen LogP contribution >= 0.6 is 0 Å². The van der Waals surface area contributed by atoms with Crippen LogP contribution in [0.25, 0.3) is 0 Å². The highest BCUT2D eigenvalue weighted by molar-refractivity contribution is 5.71. The molecule has 0 aromatic heterocycles. The first kappa shape index (κ1) is 19.1. The molecule has 1 aliphatic heterocycles. The summed E-state index contributed by atoms with van der Waals surface area (Å²) in [6, 6.07) is 7.43. The molecular weight excluding hydrogens is 324 g/mol. The lowest BCUT2D eigenvalue weighted by atomic mass is 9.97. The zero-order valence-electron chi connectivity index (χ0n) is 14.4. The van der Waals surface area contributed by atoms with Crippen molar-refractivity contribution in [3.63, 3.8) is 0 Å². The largest absolute Gasteiger partial charge is 0.494 e. The number of amides is 1. The first-order valence-electron chi connectivity index (χ1n) is 8.66. The van der Waals surface area contributed by atoms with Crippen LogP contribution in [0, 0.1) is 5.92 Å². The monoisotopic (exact) mass is 350 g/mol. The van der Waals surface area contributed by atoms with Gasteiger partial charge in [0.15, 0.2) is 0 Å². The number of aliphatic carboxylic acids is 1. The molecule has 1 aromatic rings. The Bertz CT molecular complexity index is 553. The van der Waals surface area contributed by atoms with Crippen molar-refractivity contribution >= 4 is 12.1 Å². The Labute approximate surface area is 147 Å². The van der Waals surface area contributed by atoms with E-state index < -0.39 is 12.1 Å². The second kappa shape index (κ2) is 9.88. The number of piperidine rings is 1. The van der Waals surface area contributed by atoms with Crippen LogP contribution in [0.5, 0.6) is 5.75 Å². The van der Waals surface area contributed by atoms with Crippen molar-refractivity contribution < 1.29 is 24.2 Å². The van der Waals surface area contributed by atoms with E-state index >= 15 is 0 Å². The van der Waals surface area contributed by atoms with Gasteiger partial charge in [-0.25, -0.2) is 4.79 Å². The lowest BCUT2D eigenvalue weighted by Gasteiger charge is -2.29. The highest BCUT2D eigenvalue weighted by atomic mass is 16.6. The van der Waals surface area contributed by atoms with Crippen molar-refractivity contribution in [1.82, 2.24) is 4.90 Å². The first-order valence-corrected chi connectivity index (χ1v) is 8.66. The minimum atomic E-state index is -0.793. The average Bonchev–Trinajstić information content (AvgIpc) is 2.64. The molecule has 1 heterocycles. The Balaban J connectivity index is 1.70. The standard InChI is InChI=1S/C18H26N2O5/c19-9-1-2-12-24-16-5-3-14(4-6-16)13-25-18(23)20-10-7-15(8-11-20)17(21)22/h3-6,15H,1-2,7-13,19H2,(H,21,22). The van der Waals surface area contributed by atoms with Gasteiger partial charge in [0.1, 0.15) is 12.4 Å². The van der Waals surface area contributed by atoms with Gasteiger partial charge in [-0.3, -0.25) is 4.79 Å². The Morgan fingerprint density at radius 2 is 1.84 bits per heavy atom. The normalized spacial score (nSPS) is 15.0. The molecule has 3 N–H and O–H groups in total. The van der Waals surface area contributed by atoms with Crippen LogP contribution in [0.3, 0.4) is 0 Å². The number of rotatable bonds is 8. The smallest absolute Gasteiger partial charge is 0.410 e. The zero-order valence-corrected chi connectivity index (χ0v) is 14.4. The van der Waals surface area contributed by atoms with E-state index in [1.807, 2.05) is 24.3 Å². The number of carboxylic acid groups (broad SMARTS) is 1. The summed E-state index contributed by atoms with van der Waals surface area (Å²) in [5.41, 5.74) is 6.31. The van der Waals surface area contributed by atoms with E-state index in [-0.39, 0.29) is 12.5 Å². The molecule has 7 heteroatoms. The molecule has 0 unspecified atom stereocenters. The topological polar surface area (TPSA) is 102 Å². The van der Waals surface area contributed by atoms with Crippen molar-refractivity contribution in [2.24, 2.45) is 11.7 Å². The molecule has 0 spiro atoms. The van der Waals surface area contributed by atoms with Crippen LogP contribution in [0.2, 0.25) is 0 Å². The Morgan fingerprint density at radius 3 is 2.44 bits per heavy atom. The van der Waals surface area contributed by atoms with Gasteiger partial charge >= 0.3 is 12.1 Å². The Kier molecular flexibility index (Phi) is 7.53. The zero-order chi connectivity index (χ0) is 18.1. The van der Waals surface area contributed by atoms with Gasteiger partial charge in [0, 0.05) is 13.1 Å². The van der Waals surface area contributed by atoms with Crippen molar-refractivity contribution in [3.05, 3.63) is 29.8 Å². The number of likely N-dealkylation sites (tertiary alicyclic amines) is 1. The van der Waals surface area contributed by atoms with Crippen molar-refractivity contribution in [2.75, 3.05) is 26.2 Å². The molecule has 2 rings (SSSR count). The van der Waals surface area contributed by atoms with E-state index in [4.69, 9.17) is 20.3 Å². The van der Waals surface area contributed by atoms with Gasteiger partial charge in [0.25, 0.3) is 0 Å². The summed E-state index contributed by atoms with van der Waals surface area (Å²) in [5, 5.41) is 8.97. The fourth-order valence-corrected chi connectivity index (χ4v) is 2.66. The molecule has 1 aliphatic rings. The highest BCUT2D eigenvalue weighted by Crippen LogP contribution is 2.19. The van der Waals surface area contributed by atoms with E-state index in [2.05, 4.69) is 0 Å². The molecular formula is C18H26N2O5. The van der Waals surface area contributed by atoms with Crippen LogP contribution in [0.4, 0.5) is 4.79 Å². The summed E-state index contributed by atoms with van der Waals surface area (Å²) in [5.74, 6) is -0.373. The van der Waals surface area contributed by atoms with Gasteiger partial charge in [-0.1, -0.05) is 12.1 Å². The minimum absolute atomic E-state index is 0.186. The highest BCUT2D eigenvalue weighted by Gasteiger charge is 2.27. The molecule has 0 aliphatic carbocycles. The van der Waals surface area contributed by atoms with Crippen LogP contribution in [-0.4, -0.2) is 48.3 Å². The summed E-state index contributed by atoms with van der Waals surface area (Å²) in [4.78, 5) is 24.5. The molecule has 0 radical (unpaired) electrons. The van der Waals surface area contributed by atoms with E-state index in [0.717, 1.165) is 24.2 Å². The predicted molar refractivity (Wildman–Crippen MR) is 92.3 cm³/mol. The van der Waals surface area contributed by atoms with Gasteiger partial charge in [-0.05, 0) is 49.9 Å². The summed E-state index contributed by atoms with van der Waals surface area (Å²) in [6.07, 6.45) is 2.42. The van der Waals surface area contributed by atoms with E-state index in [1.165, 1.54) is 0 Å². The van der Waals surface area contributed by atoms with Gasteiger partial charge < -0.3 is 25.2 Å². The second-order valence-electron chi connectivity index (χ2n) is 6.14. The lowest BCUT2D eigenvalue weighted by molar-refractivity contribution is -0.143. The molecule has 1 aromatic carbocycles. The number of nitrogens with two attached hydrogens (primary N) is 1. The number of carbonyl (C=O) groups is 2. The number of nitrogens with zero attached hydrogens (tertiary/aromatic N) is 1. The maximum atomic E-state index is 12.0. The number of benzene rings is 1. The van der Waals surface area contributed by atoms with Crippen LogP contribution in [0.15, 0.2) is 24.3 Å². The number of carboxylic acids is 1. The predicted octanol–water partition coefficient (Wildman–Crippen LogP) is 2.24. The average molecular weight is 350 g/mol. The third kappa shape index (κ3) is 6.26. The van der Waals surface area contributed by atoms with Gasteiger partial charge in [0.05, 0.1) is 12.5 Å². The molecule has 0 saturated carbocycles. The quantitative estimate of drug-likeness (QED) is 0.697. The summed E-state index contributed by atoms with van der Waals surface area (Å²) < 4.78 is 10.9. The fraction of sp³-hybridized carbons (Fsp3) is 0.556. The van der Waals surface area contributed by atoms with E-state index in [1.54, 1.807) is 4.90 Å². The van der Waals surface area contributed by atoms with Gasteiger partial charge in [0.2, 0.25) is 0 Å². The van der Waals surface area contributed by atoms with E-state index in [0.29, 0.717) is 39.1 Å². The fourth-order valence-electron chi connectivity index (χ4n) is 2.66.